The lowest BCUT2D eigenvalue weighted by atomic mass is 9.95. The molecule has 0 aliphatic heterocycles. The highest BCUT2D eigenvalue weighted by molar-refractivity contribution is 4.79. The molecule has 0 saturated heterocycles. The summed E-state index contributed by atoms with van der Waals surface area (Å²) in [4.78, 5) is 0. The van der Waals surface area contributed by atoms with Crippen LogP contribution in [-0.4, -0.2) is 17.6 Å². The van der Waals surface area contributed by atoms with Crippen molar-refractivity contribution in [1.82, 2.24) is 5.32 Å². The van der Waals surface area contributed by atoms with Gasteiger partial charge in [0.15, 0.2) is 0 Å². The van der Waals surface area contributed by atoms with Gasteiger partial charge in [-0.3, -0.25) is 0 Å². The molecule has 2 nitrogen and oxygen atoms in total. The zero-order chi connectivity index (χ0) is 17.2. The minimum atomic E-state index is 0. The Morgan fingerprint density at radius 3 is 1.21 bits per heavy atom. The van der Waals surface area contributed by atoms with E-state index in [0.717, 1.165) is 0 Å². The van der Waals surface area contributed by atoms with Gasteiger partial charge in [0.05, 0.1) is 0 Å². The van der Waals surface area contributed by atoms with Crippen molar-refractivity contribution in [2.24, 2.45) is 0 Å². The van der Waals surface area contributed by atoms with Crippen molar-refractivity contribution in [1.29, 1.82) is 0 Å². The minimum Gasteiger partial charge on any atom is -0.412 e. The van der Waals surface area contributed by atoms with Crippen molar-refractivity contribution in [2.75, 3.05) is 6.54 Å². The smallest absolute Gasteiger partial charge is 0.0148 e. The van der Waals surface area contributed by atoms with Crippen LogP contribution < -0.4 is 5.32 Å². The molecule has 0 aromatic carbocycles. The predicted octanol–water partition coefficient (Wildman–Crippen LogP) is 6.81. The van der Waals surface area contributed by atoms with Gasteiger partial charge in [-0.25, -0.2) is 0 Å². The summed E-state index contributed by atoms with van der Waals surface area (Å²) in [6.07, 6.45) is 22.7. The van der Waals surface area contributed by atoms with Crippen molar-refractivity contribution in [2.45, 2.75) is 136 Å². The first kappa shape index (κ1) is 26.2. The Morgan fingerprint density at radius 2 is 0.875 bits per heavy atom. The maximum atomic E-state index is 3.74. The fourth-order valence-electron chi connectivity index (χ4n) is 3.21. The van der Waals surface area contributed by atoms with Gasteiger partial charge >= 0.3 is 0 Å². The molecule has 0 aromatic heterocycles. The highest BCUT2D eigenvalue weighted by Gasteiger charge is 2.17. The molecule has 0 unspecified atom stereocenters. The maximum Gasteiger partial charge on any atom is 0.0148 e. The van der Waals surface area contributed by atoms with E-state index in [1.165, 1.54) is 109 Å². The van der Waals surface area contributed by atoms with Gasteiger partial charge in [-0.1, -0.05) is 104 Å². The molecule has 0 spiro atoms. The lowest BCUT2D eigenvalue weighted by molar-refractivity contribution is 0.328. The van der Waals surface area contributed by atoms with Gasteiger partial charge in [0.1, 0.15) is 0 Å². The van der Waals surface area contributed by atoms with Gasteiger partial charge in [-0.2, -0.15) is 0 Å². The van der Waals surface area contributed by atoms with Crippen LogP contribution in [0.25, 0.3) is 0 Å². The van der Waals surface area contributed by atoms with E-state index in [1.807, 2.05) is 0 Å². The molecule has 3 N–H and O–H groups in total. The van der Waals surface area contributed by atoms with Crippen LogP contribution in [0.15, 0.2) is 0 Å². The summed E-state index contributed by atoms with van der Waals surface area (Å²) in [7, 11) is 0. The Balaban J connectivity index is 0. The average Bonchev–Trinajstić information content (AvgIpc) is 2.58. The van der Waals surface area contributed by atoms with E-state index in [9.17, 15) is 0 Å². The van der Waals surface area contributed by atoms with Crippen molar-refractivity contribution < 1.29 is 5.48 Å². The fraction of sp³-hybridized carbons (Fsp3) is 1.00. The molecule has 24 heavy (non-hydrogen) atoms. The number of unbranched alkanes of at least 4 members (excludes halogenated alkanes) is 13. The molecule has 0 rings (SSSR count). The van der Waals surface area contributed by atoms with Crippen molar-refractivity contribution >= 4 is 0 Å². The van der Waals surface area contributed by atoms with Gasteiger partial charge in [-0.15, -0.1) is 0 Å². The third-order valence-corrected chi connectivity index (χ3v) is 5.64. The largest absolute Gasteiger partial charge is 0.412 e. The van der Waals surface area contributed by atoms with Crippen LogP contribution in [0.1, 0.15) is 130 Å². The molecule has 2 heteroatoms. The van der Waals surface area contributed by atoms with Crippen LogP contribution in [0.2, 0.25) is 0 Å². The first-order valence-corrected chi connectivity index (χ1v) is 10.9. The zero-order valence-corrected chi connectivity index (χ0v) is 17.5. The van der Waals surface area contributed by atoms with Crippen molar-refractivity contribution in [3.8, 4) is 0 Å². The molecule has 0 atom stereocenters. The highest BCUT2D eigenvalue weighted by atomic mass is 16.0. The molecular weight excluding hydrogens is 294 g/mol. The maximum absolute atomic E-state index is 3.74. The van der Waals surface area contributed by atoms with E-state index < -0.39 is 0 Å². The molecule has 0 aromatic rings. The molecule has 148 valence electrons. The quantitative estimate of drug-likeness (QED) is 0.273. The SMILES string of the molecule is CCCCCCCCCCCCCCCCNC(C)(CC)CC.O. The van der Waals surface area contributed by atoms with Crippen molar-refractivity contribution in [3.05, 3.63) is 0 Å². The van der Waals surface area contributed by atoms with E-state index >= 15 is 0 Å². The van der Waals surface area contributed by atoms with Gasteiger partial charge in [0.2, 0.25) is 0 Å². The Hall–Kier alpha value is -0.0800. The highest BCUT2D eigenvalue weighted by Crippen LogP contribution is 2.15. The molecule has 0 fully saturated rings. The second-order valence-electron chi connectivity index (χ2n) is 7.79. The molecule has 0 radical (unpaired) electrons. The lowest BCUT2D eigenvalue weighted by Gasteiger charge is -2.28. The first-order chi connectivity index (χ1) is 11.2. The Kier molecular flexibility index (Phi) is 21.0. The van der Waals surface area contributed by atoms with Crippen LogP contribution >= 0.6 is 0 Å². The summed E-state index contributed by atoms with van der Waals surface area (Å²) < 4.78 is 0. The van der Waals surface area contributed by atoms with Crippen LogP contribution in [-0.2, 0) is 0 Å². The normalized spacial score (nSPS) is 11.5. The summed E-state index contributed by atoms with van der Waals surface area (Å²) in [5.74, 6) is 0. The van der Waals surface area contributed by atoms with Crippen LogP contribution in [0, 0.1) is 0 Å². The molecule has 0 heterocycles. The second-order valence-corrected chi connectivity index (χ2v) is 7.79. The monoisotopic (exact) mass is 343 g/mol. The molecule has 0 aliphatic carbocycles. The van der Waals surface area contributed by atoms with E-state index in [2.05, 4.69) is 33.0 Å². The molecule has 0 amide bonds. The van der Waals surface area contributed by atoms with E-state index in [0.29, 0.717) is 5.54 Å². The molecular formula is C22H49NO. The van der Waals surface area contributed by atoms with Crippen molar-refractivity contribution in [3.63, 3.8) is 0 Å². The topological polar surface area (TPSA) is 43.5 Å². The fourth-order valence-corrected chi connectivity index (χ4v) is 3.21. The van der Waals surface area contributed by atoms with Crippen LogP contribution in [0.5, 0.6) is 0 Å². The lowest BCUT2D eigenvalue weighted by Crippen LogP contribution is -2.41. The first-order valence-electron chi connectivity index (χ1n) is 10.9. The van der Waals surface area contributed by atoms with Crippen LogP contribution in [0.4, 0.5) is 0 Å². The minimum absolute atomic E-state index is 0. The number of nitrogens with one attached hydrogen (secondary N) is 1. The molecule has 0 saturated carbocycles. The third-order valence-electron chi connectivity index (χ3n) is 5.64. The number of hydrogen-bond donors (Lipinski definition) is 1. The van der Waals surface area contributed by atoms with E-state index in [1.54, 1.807) is 0 Å². The van der Waals surface area contributed by atoms with Gasteiger partial charge < -0.3 is 10.8 Å². The van der Waals surface area contributed by atoms with Gasteiger partial charge in [-0.05, 0) is 32.7 Å². The number of hydrogen-bond acceptors (Lipinski definition) is 1. The van der Waals surface area contributed by atoms with E-state index in [4.69, 9.17) is 0 Å². The predicted molar refractivity (Wildman–Crippen MR) is 111 cm³/mol. The summed E-state index contributed by atoms with van der Waals surface area (Å²) in [5.41, 5.74) is 0.372. The zero-order valence-electron chi connectivity index (χ0n) is 17.5. The third kappa shape index (κ3) is 16.8. The van der Waals surface area contributed by atoms with E-state index in [-0.39, 0.29) is 5.48 Å². The van der Waals surface area contributed by atoms with Crippen LogP contribution in [0.3, 0.4) is 0 Å². The van der Waals surface area contributed by atoms with Gasteiger partial charge in [0.25, 0.3) is 0 Å². The average molecular weight is 344 g/mol. The second kappa shape index (κ2) is 19.2. The summed E-state index contributed by atoms with van der Waals surface area (Å²) in [6.45, 7) is 10.4. The van der Waals surface area contributed by atoms with Gasteiger partial charge in [0, 0.05) is 5.54 Å². The Labute approximate surface area is 153 Å². The summed E-state index contributed by atoms with van der Waals surface area (Å²) in [6, 6.07) is 0. The Morgan fingerprint density at radius 1 is 0.542 bits per heavy atom. The summed E-state index contributed by atoms with van der Waals surface area (Å²) in [5, 5.41) is 3.74. The Bertz CT molecular complexity index is 226. The molecule has 0 bridgehead atoms. The molecule has 0 aliphatic rings. The summed E-state index contributed by atoms with van der Waals surface area (Å²) >= 11 is 0. The standard InChI is InChI=1S/C22H47N.H2O/c1-5-8-9-10-11-12-13-14-15-16-17-18-19-20-21-23-22(4,6-2)7-3;/h23H,5-21H2,1-4H3;1H2. The number of rotatable bonds is 18.